The first kappa shape index (κ1) is 23.2. The number of benzene rings is 2. The normalized spacial score (nSPS) is 15.1. The Morgan fingerprint density at radius 2 is 1.45 bits per heavy atom. The number of rotatable bonds is 9. The molecule has 1 heterocycles. The van der Waals surface area contributed by atoms with E-state index in [-0.39, 0.29) is 18.4 Å². The molecule has 0 radical (unpaired) electrons. The third-order valence-corrected chi connectivity index (χ3v) is 5.70. The molecule has 1 aliphatic rings. The van der Waals surface area contributed by atoms with Crippen molar-refractivity contribution in [1.29, 1.82) is 0 Å². The van der Waals surface area contributed by atoms with Crippen LogP contribution in [0.1, 0.15) is 5.56 Å². The number of anilines is 1. The Hall–Kier alpha value is -2.49. The van der Waals surface area contributed by atoms with Crippen LogP contribution in [-0.2, 0) is 16.1 Å². The predicted octanol–water partition coefficient (Wildman–Crippen LogP) is 2.87. The summed E-state index contributed by atoms with van der Waals surface area (Å²) in [6.07, 6.45) is 0. The van der Waals surface area contributed by atoms with E-state index in [2.05, 4.69) is 15.5 Å². The van der Waals surface area contributed by atoms with Gasteiger partial charge in [-0.15, -0.1) is 0 Å². The molecule has 6 nitrogen and oxygen atoms in total. The van der Waals surface area contributed by atoms with E-state index >= 15 is 0 Å². The minimum atomic E-state index is -2.55. The van der Waals surface area contributed by atoms with Crippen LogP contribution in [0, 0.1) is 0 Å². The van der Waals surface area contributed by atoms with Crippen LogP contribution in [0.5, 0.6) is 0 Å². The molecular formula is C22H26F2N4O2S. The molecule has 2 amide bonds. The average Bonchev–Trinajstić information content (AvgIpc) is 2.75. The van der Waals surface area contributed by atoms with Gasteiger partial charge in [0.2, 0.25) is 11.8 Å². The zero-order valence-electron chi connectivity index (χ0n) is 17.1. The zero-order chi connectivity index (χ0) is 22.1. The number of hydrogen-bond donors (Lipinski definition) is 2. The number of alkyl halides is 2. The zero-order valence-corrected chi connectivity index (χ0v) is 17.9. The second kappa shape index (κ2) is 11.8. The van der Waals surface area contributed by atoms with Crippen molar-refractivity contribution in [2.24, 2.45) is 0 Å². The van der Waals surface area contributed by atoms with Gasteiger partial charge in [0.15, 0.2) is 0 Å². The van der Waals surface area contributed by atoms with Crippen LogP contribution >= 0.6 is 11.8 Å². The molecule has 1 aliphatic heterocycles. The molecule has 1 saturated heterocycles. The van der Waals surface area contributed by atoms with Crippen molar-refractivity contribution in [3.63, 3.8) is 0 Å². The van der Waals surface area contributed by atoms with Crippen LogP contribution < -0.4 is 10.6 Å². The standard InChI is InChI=1S/C22H26F2N4O2S/c23-22(24)31-19-9-5-4-8-18(19)26-21(30)16-28-12-10-27(11-13-28)15-20(29)25-14-17-6-2-1-3-7-17/h1-9,22H,10-16H2,(H,25,29)(H,26,30). The predicted molar refractivity (Wildman–Crippen MR) is 118 cm³/mol. The molecule has 0 saturated carbocycles. The van der Waals surface area contributed by atoms with E-state index < -0.39 is 5.76 Å². The van der Waals surface area contributed by atoms with Crippen LogP contribution in [0.25, 0.3) is 0 Å². The molecule has 0 spiro atoms. The summed E-state index contributed by atoms with van der Waals surface area (Å²) < 4.78 is 25.4. The number of halogens is 2. The molecule has 0 bridgehead atoms. The first-order chi connectivity index (χ1) is 15.0. The van der Waals surface area contributed by atoms with E-state index in [0.29, 0.717) is 61.6 Å². The Kier molecular flexibility index (Phi) is 8.81. The van der Waals surface area contributed by atoms with Crippen molar-refractivity contribution in [2.75, 3.05) is 44.6 Å². The first-order valence-corrected chi connectivity index (χ1v) is 11.0. The van der Waals surface area contributed by atoms with Crippen molar-refractivity contribution in [1.82, 2.24) is 15.1 Å². The summed E-state index contributed by atoms with van der Waals surface area (Å²) in [6, 6.07) is 16.3. The molecular weight excluding hydrogens is 422 g/mol. The maximum atomic E-state index is 12.7. The second-order valence-corrected chi connectivity index (χ2v) is 8.27. The lowest BCUT2D eigenvalue weighted by Crippen LogP contribution is -2.50. The molecule has 1 fully saturated rings. The van der Waals surface area contributed by atoms with Crippen LogP contribution in [0.2, 0.25) is 0 Å². The molecule has 3 rings (SSSR count). The summed E-state index contributed by atoms with van der Waals surface area (Å²) in [7, 11) is 0. The van der Waals surface area contributed by atoms with Gasteiger partial charge in [-0.2, -0.15) is 8.78 Å². The number of nitrogens with zero attached hydrogens (tertiary/aromatic N) is 2. The minimum Gasteiger partial charge on any atom is -0.351 e. The maximum absolute atomic E-state index is 12.7. The van der Waals surface area contributed by atoms with Crippen molar-refractivity contribution in [3.8, 4) is 0 Å². The van der Waals surface area contributed by atoms with Gasteiger partial charge in [0.1, 0.15) is 0 Å². The smallest absolute Gasteiger partial charge is 0.288 e. The Balaban J connectivity index is 1.38. The lowest BCUT2D eigenvalue weighted by Gasteiger charge is -2.33. The lowest BCUT2D eigenvalue weighted by atomic mass is 10.2. The number of piperazine rings is 1. The van der Waals surface area contributed by atoms with E-state index in [9.17, 15) is 18.4 Å². The van der Waals surface area contributed by atoms with Crippen molar-refractivity contribution < 1.29 is 18.4 Å². The van der Waals surface area contributed by atoms with Crippen molar-refractivity contribution in [2.45, 2.75) is 17.2 Å². The fourth-order valence-corrected chi connectivity index (χ4v) is 3.92. The Labute approximate surface area is 185 Å². The SMILES string of the molecule is O=C(CN1CCN(CC(=O)Nc2ccccc2SC(F)F)CC1)NCc1ccccc1. The molecule has 31 heavy (non-hydrogen) atoms. The molecule has 0 aliphatic carbocycles. The van der Waals surface area contributed by atoms with Gasteiger partial charge in [-0.3, -0.25) is 19.4 Å². The van der Waals surface area contributed by atoms with Crippen LogP contribution in [-0.4, -0.2) is 66.6 Å². The summed E-state index contributed by atoms with van der Waals surface area (Å²) in [4.78, 5) is 28.9. The highest BCUT2D eigenvalue weighted by atomic mass is 32.2. The van der Waals surface area contributed by atoms with Crippen molar-refractivity contribution >= 4 is 29.3 Å². The van der Waals surface area contributed by atoms with Gasteiger partial charge < -0.3 is 10.6 Å². The number of thioether (sulfide) groups is 1. The summed E-state index contributed by atoms with van der Waals surface area (Å²) in [5.74, 6) is -2.81. The van der Waals surface area contributed by atoms with Crippen LogP contribution in [0.4, 0.5) is 14.5 Å². The first-order valence-electron chi connectivity index (χ1n) is 10.1. The monoisotopic (exact) mass is 448 g/mol. The van der Waals surface area contributed by atoms with Crippen molar-refractivity contribution in [3.05, 3.63) is 60.2 Å². The third-order valence-electron chi connectivity index (χ3n) is 4.91. The molecule has 2 N–H and O–H groups in total. The fraction of sp³-hybridized carbons (Fsp3) is 0.364. The van der Waals surface area contributed by atoms with Gasteiger partial charge in [-0.1, -0.05) is 54.2 Å². The number of amides is 2. The summed E-state index contributed by atoms with van der Waals surface area (Å²) >= 11 is 0.415. The topological polar surface area (TPSA) is 64.7 Å². The quantitative estimate of drug-likeness (QED) is 0.578. The maximum Gasteiger partial charge on any atom is 0.288 e. The minimum absolute atomic E-state index is 0.0248. The van der Waals surface area contributed by atoms with Crippen LogP contribution in [0.15, 0.2) is 59.5 Å². The number of para-hydroxylation sites is 1. The van der Waals surface area contributed by atoms with Gasteiger partial charge in [0.05, 0.1) is 18.8 Å². The van der Waals surface area contributed by atoms with Gasteiger partial charge in [0, 0.05) is 37.6 Å². The summed E-state index contributed by atoms with van der Waals surface area (Å²) in [5, 5.41) is 5.65. The summed E-state index contributed by atoms with van der Waals surface area (Å²) in [5.41, 5.74) is 1.45. The Morgan fingerprint density at radius 1 is 0.871 bits per heavy atom. The Morgan fingerprint density at radius 3 is 2.10 bits per heavy atom. The lowest BCUT2D eigenvalue weighted by molar-refractivity contribution is -0.123. The third kappa shape index (κ3) is 7.93. The average molecular weight is 449 g/mol. The molecule has 0 aromatic heterocycles. The molecule has 0 atom stereocenters. The largest absolute Gasteiger partial charge is 0.351 e. The highest BCUT2D eigenvalue weighted by molar-refractivity contribution is 7.99. The van der Waals surface area contributed by atoms with Crippen LogP contribution in [0.3, 0.4) is 0 Å². The van der Waals surface area contributed by atoms with E-state index in [4.69, 9.17) is 0 Å². The number of carbonyl (C=O) groups excluding carboxylic acids is 2. The van der Waals surface area contributed by atoms with Gasteiger partial charge in [-0.05, 0) is 17.7 Å². The van der Waals surface area contributed by atoms with E-state index in [1.54, 1.807) is 24.3 Å². The Bertz CT molecular complexity index is 862. The number of nitrogens with one attached hydrogen (secondary N) is 2. The molecule has 0 unspecified atom stereocenters. The highest BCUT2D eigenvalue weighted by Gasteiger charge is 2.21. The van der Waals surface area contributed by atoms with E-state index in [1.807, 2.05) is 35.2 Å². The fourth-order valence-electron chi connectivity index (χ4n) is 3.32. The molecule has 9 heteroatoms. The molecule has 166 valence electrons. The highest BCUT2D eigenvalue weighted by Crippen LogP contribution is 2.31. The van der Waals surface area contributed by atoms with Gasteiger partial charge in [-0.25, -0.2) is 0 Å². The molecule has 2 aromatic carbocycles. The summed E-state index contributed by atoms with van der Waals surface area (Å²) in [6.45, 7) is 3.70. The number of carbonyl (C=O) groups is 2. The molecule has 2 aromatic rings. The number of hydrogen-bond acceptors (Lipinski definition) is 5. The van der Waals surface area contributed by atoms with Gasteiger partial charge >= 0.3 is 0 Å². The van der Waals surface area contributed by atoms with E-state index in [1.165, 1.54) is 0 Å². The second-order valence-electron chi connectivity index (χ2n) is 7.24. The van der Waals surface area contributed by atoms with Gasteiger partial charge in [0.25, 0.3) is 5.76 Å². The van der Waals surface area contributed by atoms with E-state index in [0.717, 1.165) is 5.56 Å².